The van der Waals surface area contributed by atoms with Crippen molar-refractivity contribution < 1.29 is 80.2 Å². The summed E-state index contributed by atoms with van der Waals surface area (Å²) in [6.07, 6.45) is 67.9. The highest BCUT2D eigenvalue weighted by Gasteiger charge is 2.30. The SMILES string of the molecule is CCCCCCCCCCCCCCCCCCC(=O)OC[C@H](COP(=O)(O)OC[C@@H](O)COP(=O)(O)OC[C@@H](COC(=O)CCCCCCCCCCCCC)OC(=O)CCCCCCCCCCCCCCCC)OC(=O)CCCCCCCCCCCCCCCCCCCCC(C)C. The van der Waals surface area contributed by atoms with Crippen LogP contribution in [0.15, 0.2) is 0 Å². The van der Waals surface area contributed by atoms with Crippen molar-refractivity contribution in [1.29, 1.82) is 0 Å². The summed E-state index contributed by atoms with van der Waals surface area (Å²) >= 11 is 0. The Balaban J connectivity index is 5.23. The van der Waals surface area contributed by atoms with Gasteiger partial charge in [-0.3, -0.25) is 37.3 Å². The molecule has 0 saturated heterocycles. The quantitative estimate of drug-likeness (QED) is 0.0222. The number of aliphatic hydroxyl groups is 1. The first-order valence-electron chi connectivity index (χ1n) is 43.1. The number of unbranched alkanes of at least 4 members (excludes halogenated alkanes) is 55. The Bertz CT molecular complexity index is 1940. The molecule has 102 heavy (non-hydrogen) atoms. The second-order valence-electron chi connectivity index (χ2n) is 30.3. The molecule has 0 heterocycles. The average molecular weight is 1490 g/mol. The molecular formula is C83H162O17P2. The van der Waals surface area contributed by atoms with Crippen molar-refractivity contribution in [2.75, 3.05) is 39.6 Å². The normalized spacial score (nSPS) is 13.8. The Morgan fingerprint density at radius 3 is 0.667 bits per heavy atom. The van der Waals surface area contributed by atoms with Crippen LogP contribution in [0.2, 0.25) is 0 Å². The second-order valence-corrected chi connectivity index (χ2v) is 33.3. The maximum absolute atomic E-state index is 13.1. The van der Waals surface area contributed by atoms with E-state index < -0.39 is 97.5 Å². The fourth-order valence-corrected chi connectivity index (χ4v) is 14.5. The number of aliphatic hydroxyl groups excluding tert-OH is 1. The van der Waals surface area contributed by atoms with E-state index in [9.17, 15) is 43.2 Å². The van der Waals surface area contributed by atoms with E-state index in [1.807, 2.05) is 0 Å². The van der Waals surface area contributed by atoms with Gasteiger partial charge in [-0.25, -0.2) is 9.13 Å². The second kappa shape index (κ2) is 75.9. The van der Waals surface area contributed by atoms with Crippen molar-refractivity contribution >= 4 is 39.5 Å². The summed E-state index contributed by atoms with van der Waals surface area (Å²) in [6, 6.07) is 0. The van der Waals surface area contributed by atoms with E-state index in [2.05, 4.69) is 34.6 Å². The molecule has 0 aromatic carbocycles. The third kappa shape index (κ3) is 76.3. The van der Waals surface area contributed by atoms with E-state index in [-0.39, 0.29) is 25.7 Å². The van der Waals surface area contributed by atoms with Gasteiger partial charge in [-0.05, 0) is 31.6 Å². The van der Waals surface area contributed by atoms with Gasteiger partial charge in [0.1, 0.15) is 19.3 Å². The van der Waals surface area contributed by atoms with E-state index in [1.54, 1.807) is 0 Å². The van der Waals surface area contributed by atoms with Crippen LogP contribution in [0.5, 0.6) is 0 Å². The number of ether oxygens (including phenoxy) is 4. The Kier molecular flexibility index (Phi) is 74.4. The van der Waals surface area contributed by atoms with Gasteiger partial charge in [0, 0.05) is 25.7 Å². The number of rotatable bonds is 83. The van der Waals surface area contributed by atoms with Gasteiger partial charge in [-0.2, -0.15) is 0 Å². The van der Waals surface area contributed by atoms with Crippen LogP contribution in [-0.4, -0.2) is 96.7 Å². The Labute approximate surface area is 626 Å². The molecular weight excluding hydrogens is 1330 g/mol. The van der Waals surface area contributed by atoms with Gasteiger partial charge >= 0.3 is 39.5 Å². The van der Waals surface area contributed by atoms with E-state index in [0.29, 0.717) is 25.7 Å². The van der Waals surface area contributed by atoms with Gasteiger partial charge in [-0.15, -0.1) is 0 Å². The van der Waals surface area contributed by atoms with Crippen molar-refractivity contribution in [2.45, 2.75) is 464 Å². The molecule has 5 atom stereocenters. The van der Waals surface area contributed by atoms with Crippen LogP contribution in [0.1, 0.15) is 446 Å². The van der Waals surface area contributed by atoms with Crippen LogP contribution >= 0.6 is 15.6 Å². The minimum Gasteiger partial charge on any atom is -0.462 e. The number of esters is 4. The molecule has 2 unspecified atom stereocenters. The molecule has 0 rings (SSSR count). The number of hydrogen-bond acceptors (Lipinski definition) is 15. The molecule has 0 spiro atoms. The van der Waals surface area contributed by atoms with Crippen molar-refractivity contribution in [3.63, 3.8) is 0 Å². The predicted octanol–water partition coefficient (Wildman–Crippen LogP) is 25.2. The number of phosphoric ester groups is 2. The third-order valence-corrected chi connectivity index (χ3v) is 21.4. The van der Waals surface area contributed by atoms with Crippen molar-refractivity contribution in [3.8, 4) is 0 Å². The lowest BCUT2D eigenvalue weighted by Gasteiger charge is -2.21. The third-order valence-electron chi connectivity index (χ3n) is 19.5. The highest BCUT2D eigenvalue weighted by molar-refractivity contribution is 7.47. The Morgan fingerprint density at radius 1 is 0.265 bits per heavy atom. The lowest BCUT2D eigenvalue weighted by Crippen LogP contribution is -2.30. The summed E-state index contributed by atoms with van der Waals surface area (Å²) < 4.78 is 68.8. The molecule has 0 aliphatic rings. The van der Waals surface area contributed by atoms with Gasteiger partial charge in [0.05, 0.1) is 26.4 Å². The molecule has 0 radical (unpaired) electrons. The van der Waals surface area contributed by atoms with E-state index in [1.165, 1.54) is 270 Å². The van der Waals surface area contributed by atoms with E-state index in [4.69, 9.17) is 37.0 Å². The molecule has 3 N–H and O–H groups in total. The fourth-order valence-electron chi connectivity index (χ4n) is 12.9. The van der Waals surface area contributed by atoms with Gasteiger partial charge in [-0.1, -0.05) is 394 Å². The largest absolute Gasteiger partial charge is 0.472 e. The van der Waals surface area contributed by atoms with E-state index >= 15 is 0 Å². The molecule has 606 valence electrons. The van der Waals surface area contributed by atoms with Gasteiger partial charge in [0.2, 0.25) is 0 Å². The molecule has 0 fully saturated rings. The van der Waals surface area contributed by atoms with Crippen LogP contribution in [0, 0.1) is 5.92 Å². The maximum atomic E-state index is 13.1. The summed E-state index contributed by atoms with van der Waals surface area (Å²) in [5.41, 5.74) is 0. The number of phosphoric acid groups is 2. The minimum atomic E-state index is -4.96. The summed E-state index contributed by atoms with van der Waals surface area (Å²) in [4.78, 5) is 73.1. The molecule has 0 aromatic rings. The number of carbonyl (C=O) groups is 4. The zero-order chi connectivity index (χ0) is 74.8. The molecule has 19 heteroatoms. The number of hydrogen-bond donors (Lipinski definition) is 3. The van der Waals surface area contributed by atoms with Crippen LogP contribution in [-0.2, 0) is 65.4 Å². The first-order chi connectivity index (χ1) is 49.5. The number of carbonyl (C=O) groups excluding carboxylic acids is 4. The summed E-state index contributed by atoms with van der Waals surface area (Å²) in [7, 11) is -9.92. The van der Waals surface area contributed by atoms with Crippen LogP contribution in [0.3, 0.4) is 0 Å². The van der Waals surface area contributed by atoms with Crippen molar-refractivity contribution in [1.82, 2.24) is 0 Å². The van der Waals surface area contributed by atoms with Crippen molar-refractivity contribution in [3.05, 3.63) is 0 Å². The molecule has 0 amide bonds. The first-order valence-corrected chi connectivity index (χ1v) is 46.1. The summed E-state index contributed by atoms with van der Waals surface area (Å²) in [5, 5.41) is 10.7. The van der Waals surface area contributed by atoms with Gasteiger partial charge in [0.15, 0.2) is 12.2 Å². The van der Waals surface area contributed by atoms with Crippen molar-refractivity contribution in [2.24, 2.45) is 5.92 Å². The Morgan fingerprint density at radius 2 is 0.451 bits per heavy atom. The maximum Gasteiger partial charge on any atom is 0.472 e. The summed E-state index contributed by atoms with van der Waals surface area (Å²) in [5.74, 6) is -1.28. The van der Waals surface area contributed by atoms with Crippen LogP contribution < -0.4 is 0 Å². The predicted molar refractivity (Wildman–Crippen MR) is 418 cm³/mol. The molecule has 0 saturated carbocycles. The Hall–Kier alpha value is -1.94. The lowest BCUT2D eigenvalue weighted by molar-refractivity contribution is -0.161. The summed E-state index contributed by atoms with van der Waals surface area (Å²) in [6.45, 7) is 7.38. The molecule has 17 nitrogen and oxygen atoms in total. The highest BCUT2D eigenvalue weighted by atomic mass is 31.2. The standard InChI is InChI=1S/C83H162O17P2/c1-6-9-12-15-18-21-24-26-28-34-38-42-47-52-57-62-67-81(86)94-73-79(100-83(88)69-64-59-54-49-44-39-35-32-30-29-31-33-36-41-45-50-55-60-65-76(4)5)75-98-102(91,92)96-71-77(84)70-95-101(89,90)97-74-78(72-93-80(85)66-61-56-51-46-40-23-20-17-14-11-8-3)99-82(87)68-63-58-53-48-43-37-27-25-22-19-16-13-10-7-2/h76-79,84H,6-75H2,1-5H3,(H,89,90)(H,91,92)/t77-,78+,79+/m0/s1. The molecule has 0 aliphatic carbocycles. The fraction of sp³-hybridized carbons (Fsp3) is 0.952. The monoisotopic (exact) mass is 1490 g/mol. The molecule has 0 aromatic heterocycles. The average Bonchev–Trinajstić information content (AvgIpc) is 0.914. The zero-order valence-corrected chi connectivity index (χ0v) is 68.5. The lowest BCUT2D eigenvalue weighted by atomic mass is 10.0. The van der Waals surface area contributed by atoms with Gasteiger partial charge < -0.3 is 33.8 Å². The first kappa shape index (κ1) is 100. The van der Waals surface area contributed by atoms with Crippen LogP contribution in [0.4, 0.5) is 0 Å². The topological polar surface area (TPSA) is 237 Å². The zero-order valence-electron chi connectivity index (χ0n) is 66.8. The molecule has 0 aliphatic heterocycles. The highest BCUT2D eigenvalue weighted by Crippen LogP contribution is 2.45. The van der Waals surface area contributed by atoms with Crippen LogP contribution in [0.25, 0.3) is 0 Å². The van der Waals surface area contributed by atoms with Gasteiger partial charge in [0.25, 0.3) is 0 Å². The smallest absolute Gasteiger partial charge is 0.462 e. The minimum absolute atomic E-state index is 0.109. The molecule has 0 bridgehead atoms. The van der Waals surface area contributed by atoms with E-state index in [0.717, 1.165) is 95.8 Å².